The van der Waals surface area contributed by atoms with Crippen molar-refractivity contribution in [3.05, 3.63) is 23.5 Å². The van der Waals surface area contributed by atoms with Gasteiger partial charge in [-0.25, -0.2) is 0 Å². The highest BCUT2D eigenvalue weighted by molar-refractivity contribution is 6.33. The molecule has 2 heterocycles. The van der Waals surface area contributed by atoms with E-state index in [4.69, 9.17) is 11.6 Å². The van der Waals surface area contributed by atoms with E-state index in [1.807, 2.05) is 12.3 Å². The number of anilines is 1. The van der Waals surface area contributed by atoms with E-state index < -0.39 is 0 Å². The lowest BCUT2D eigenvalue weighted by Crippen LogP contribution is -2.37. The molecule has 1 aromatic heterocycles. The molecule has 2 rings (SSSR count). The van der Waals surface area contributed by atoms with Gasteiger partial charge in [-0.05, 0) is 37.9 Å². The molecule has 1 aliphatic heterocycles. The predicted octanol–water partition coefficient (Wildman–Crippen LogP) is 2.56. The topological polar surface area (TPSA) is 28.2 Å². The number of aromatic nitrogens is 1. The highest BCUT2D eigenvalue weighted by Gasteiger charge is 2.20. The molecule has 1 N–H and O–H groups in total. The third-order valence-electron chi connectivity index (χ3n) is 3.39. The van der Waals surface area contributed by atoms with Gasteiger partial charge in [0.1, 0.15) is 0 Å². The van der Waals surface area contributed by atoms with E-state index in [-0.39, 0.29) is 0 Å². The molecule has 3 nitrogen and oxygen atoms in total. The van der Waals surface area contributed by atoms with Gasteiger partial charge in [-0.2, -0.15) is 0 Å². The Hall–Kier alpha value is -0.800. The van der Waals surface area contributed by atoms with E-state index in [2.05, 4.69) is 22.1 Å². The van der Waals surface area contributed by atoms with Crippen LogP contribution in [-0.4, -0.2) is 31.2 Å². The van der Waals surface area contributed by atoms with Gasteiger partial charge in [-0.1, -0.05) is 18.5 Å². The van der Waals surface area contributed by atoms with E-state index >= 15 is 0 Å². The van der Waals surface area contributed by atoms with Crippen LogP contribution in [0.25, 0.3) is 0 Å². The van der Waals surface area contributed by atoms with Crippen molar-refractivity contribution in [3.63, 3.8) is 0 Å². The summed E-state index contributed by atoms with van der Waals surface area (Å²) >= 11 is 6.16. The monoisotopic (exact) mass is 253 g/mol. The number of piperidine rings is 1. The number of hydrogen-bond donors (Lipinski definition) is 1. The van der Waals surface area contributed by atoms with E-state index in [0.29, 0.717) is 0 Å². The summed E-state index contributed by atoms with van der Waals surface area (Å²) in [5.74, 6) is 0.812. The van der Waals surface area contributed by atoms with Crippen molar-refractivity contribution in [2.45, 2.75) is 19.8 Å². The number of pyridine rings is 1. The van der Waals surface area contributed by atoms with E-state index in [9.17, 15) is 0 Å². The summed E-state index contributed by atoms with van der Waals surface area (Å²) < 4.78 is 0. The molecule has 4 heteroatoms. The molecule has 17 heavy (non-hydrogen) atoms. The maximum atomic E-state index is 6.16. The van der Waals surface area contributed by atoms with Crippen LogP contribution in [0.3, 0.4) is 0 Å². The van der Waals surface area contributed by atoms with Gasteiger partial charge in [-0.15, -0.1) is 0 Å². The summed E-state index contributed by atoms with van der Waals surface area (Å²) in [6.07, 6.45) is 6.02. The lowest BCUT2D eigenvalue weighted by atomic mass is 9.96. The number of rotatable bonds is 4. The average Bonchev–Trinajstić information content (AvgIpc) is 2.38. The molecule has 0 saturated carbocycles. The fourth-order valence-corrected chi connectivity index (χ4v) is 2.59. The first kappa shape index (κ1) is 12.7. The maximum absolute atomic E-state index is 6.16. The van der Waals surface area contributed by atoms with Crippen LogP contribution in [-0.2, 0) is 0 Å². The predicted molar refractivity (Wildman–Crippen MR) is 72.7 cm³/mol. The van der Waals surface area contributed by atoms with Crippen molar-refractivity contribution in [2.24, 2.45) is 5.92 Å². The molecule has 0 amide bonds. The van der Waals surface area contributed by atoms with Crippen LogP contribution < -0.4 is 10.2 Å². The molecule has 0 aromatic carbocycles. The number of nitrogens with zero attached hydrogens (tertiary/aromatic N) is 2. The Kier molecular flexibility index (Phi) is 4.63. The molecule has 1 fully saturated rings. The zero-order valence-electron chi connectivity index (χ0n) is 10.3. The SMILES string of the molecule is CCNCC1CCN(c2ccncc2Cl)CC1. The smallest absolute Gasteiger partial charge is 0.0822 e. The molecule has 0 bridgehead atoms. The maximum Gasteiger partial charge on any atom is 0.0822 e. The minimum atomic E-state index is 0.762. The summed E-state index contributed by atoms with van der Waals surface area (Å²) in [6, 6.07) is 2.01. The minimum absolute atomic E-state index is 0.762. The van der Waals surface area contributed by atoms with Gasteiger partial charge in [0.2, 0.25) is 0 Å². The van der Waals surface area contributed by atoms with Crippen LogP contribution in [0.2, 0.25) is 5.02 Å². The Balaban J connectivity index is 1.89. The van der Waals surface area contributed by atoms with Crippen molar-refractivity contribution < 1.29 is 0 Å². The quantitative estimate of drug-likeness (QED) is 0.894. The van der Waals surface area contributed by atoms with E-state index in [1.54, 1.807) is 6.20 Å². The van der Waals surface area contributed by atoms with Crippen LogP contribution in [0.15, 0.2) is 18.5 Å². The summed E-state index contributed by atoms with van der Waals surface area (Å²) in [4.78, 5) is 6.39. The Labute approximate surface area is 108 Å². The average molecular weight is 254 g/mol. The largest absolute Gasteiger partial charge is 0.370 e. The van der Waals surface area contributed by atoms with Crippen molar-refractivity contribution in [3.8, 4) is 0 Å². The zero-order chi connectivity index (χ0) is 12.1. The van der Waals surface area contributed by atoms with Crippen LogP contribution >= 0.6 is 11.6 Å². The first-order chi connectivity index (χ1) is 8.31. The third-order valence-corrected chi connectivity index (χ3v) is 3.68. The van der Waals surface area contributed by atoms with Crippen molar-refractivity contribution in [2.75, 3.05) is 31.1 Å². The molecule has 94 valence electrons. The summed E-state index contributed by atoms with van der Waals surface area (Å²) in [5.41, 5.74) is 1.13. The second-order valence-electron chi connectivity index (χ2n) is 4.57. The van der Waals surface area contributed by atoms with Gasteiger partial charge in [0.25, 0.3) is 0 Å². The standard InChI is InChI=1S/C13H20ClN3/c1-2-15-9-11-4-7-17(8-5-11)13-3-6-16-10-12(13)14/h3,6,10-11,15H,2,4-5,7-9H2,1H3. The van der Waals surface area contributed by atoms with Crippen LogP contribution in [0.4, 0.5) is 5.69 Å². The molecule has 0 aliphatic carbocycles. The molecular weight excluding hydrogens is 234 g/mol. The Morgan fingerprint density at radius 2 is 2.24 bits per heavy atom. The number of nitrogens with one attached hydrogen (secondary N) is 1. The summed E-state index contributed by atoms with van der Waals surface area (Å²) in [6.45, 7) is 6.57. The molecule has 0 spiro atoms. The molecule has 0 atom stereocenters. The van der Waals surface area contributed by atoms with Crippen molar-refractivity contribution in [1.82, 2.24) is 10.3 Å². The molecule has 1 aromatic rings. The van der Waals surface area contributed by atoms with Gasteiger partial charge in [0.15, 0.2) is 0 Å². The van der Waals surface area contributed by atoms with Gasteiger partial charge in [0, 0.05) is 25.5 Å². The fourth-order valence-electron chi connectivity index (χ4n) is 2.35. The highest BCUT2D eigenvalue weighted by atomic mass is 35.5. The molecule has 1 aliphatic rings. The molecule has 1 saturated heterocycles. The van der Waals surface area contributed by atoms with E-state index in [0.717, 1.165) is 42.8 Å². The number of hydrogen-bond acceptors (Lipinski definition) is 3. The first-order valence-corrected chi connectivity index (χ1v) is 6.74. The van der Waals surface area contributed by atoms with Crippen molar-refractivity contribution in [1.29, 1.82) is 0 Å². The third kappa shape index (κ3) is 3.33. The lowest BCUT2D eigenvalue weighted by Gasteiger charge is -2.34. The lowest BCUT2D eigenvalue weighted by molar-refractivity contribution is 0.386. The normalized spacial score (nSPS) is 17.4. The van der Waals surface area contributed by atoms with Gasteiger partial charge < -0.3 is 10.2 Å². The second-order valence-corrected chi connectivity index (χ2v) is 4.97. The Morgan fingerprint density at radius 1 is 1.47 bits per heavy atom. The summed E-state index contributed by atoms with van der Waals surface area (Å²) in [7, 11) is 0. The van der Waals surface area contributed by atoms with Crippen LogP contribution in [0, 0.1) is 5.92 Å². The number of halogens is 1. The second kappa shape index (κ2) is 6.22. The van der Waals surface area contributed by atoms with Gasteiger partial charge in [-0.3, -0.25) is 4.98 Å². The van der Waals surface area contributed by atoms with E-state index in [1.165, 1.54) is 12.8 Å². The Morgan fingerprint density at radius 3 is 2.88 bits per heavy atom. The van der Waals surface area contributed by atoms with Crippen LogP contribution in [0.5, 0.6) is 0 Å². The van der Waals surface area contributed by atoms with Gasteiger partial charge in [0.05, 0.1) is 10.7 Å². The first-order valence-electron chi connectivity index (χ1n) is 6.36. The highest BCUT2D eigenvalue weighted by Crippen LogP contribution is 2.28. The van der Waals surface area contributed by atoms with Gasteiger partial charge >= 0.3 is 0 Å². The minimum Gasteiger partial charge on any atom is -0.370 e. The van der Waals surface area contributed by atoms with Crippen molar-refractivity contribution >= 4 is 17.3 Å². The van der Waals surface area contributed by atoms with Crippen LogP contribution in [0.1, 0.15) is 19.8 Å². The molecular formula is C13H20ClN3. The summed E-state index contributed by atoms with van der Waals surface area (Å²) in [5, 5.41) is 4.19. The Bertz CT molecular complexity index is 348. The molecule has 0 unspecified atom stereocenters. The fraction of sp³-hybridized carbons (Fsp3) is 0.615. The molecule has 0 radical (unpaired) electrons. The zero-order valence-corrected chi connectivity index (χ0v) is 11.1.